The van der Waals surface area contributed by atoms with Crippen LogP contribution in [-0.2, 0) is 20.1 Å². The number of rotatable bonds is 2. The second-order valence-electron chi connectivity index (χ2n) is 7.09. The van der Waals surface area contributed by atoms with Gasteiger partial charge in [0.05, 0.1) is 11.0 Å². The molecule has 0 spiro atoms. The van der Waals surface area contributed by atoms with Gasteiger partial charge in [-0.2, -0.15) is 0 Å². The van der Waals surface area contributed by atoms with Gasteiger partial charge < -0.3 is 14.4 Å². The number of hydrogen-bond acceptors (Lipinski definition) is 5. The average Bonchev–Trinajstić information content (AvgIpc) is 2.91. The van der Waals surface area contributed by atoms with Crippen LogP contribution in [0.25, 0.3) is 44.6 Å². The molecular weight excluding hydrogens is 603 g/mol. The molecule has 1 radical (unpaired) electrons. The normalized spacial score (nSPS) is 10.2. The molecular formula is C28H17IrN3O2-2. The molecule has 167 valence electrons. The summed E-state index contributed by atoms with van der Waals surface area (Å²) in [7, 11) is 0. The molecule has 0 N–H and O–H groups in total. The topological polar surface area (TPSA) is 68.9 Å². The fourth-order valence-electron chi connectivity index (χ4n) is 3.43. The molecule has 6 rings (SSSR count). The number of aromatic nitrogens is 3. The molecule has 0 bridgehead atoms. The van der Waals surface area contributed by atoms with E-state index >= 15 is 0 Å². The fraction of sp³-hybridized carbons (Fsp3) is 0. The van der Waals surface area contributed by atoms with Crippen molar-refractivity contribution in [3.8, 4) is 22.5 Å². The Hall–Kier alpha value is -3.99. The zero-order valence-corrected chi connectivity index (χ0v) is 20.2. The van der Waals surface area contributed by atoms with Crippen LogP contribution in [0.4, 0.5) is 0 Å². The maximum Gasteiger partial charge on any atom is 0.220 e. The van der Waals surface area contributed by atoms with E-state index in [4.69, 9.17) is 4.42 Å². The van der Waals surface area contributed by atoms with E-state index in [0.29, 0.717) is 33.3 Å². The van der Waals surface area contributed by atoms with Crippen molar-refractivity contribution in [3.63, 3.8) is 0 Å². The predicted molar refractivity (Wildman–Crippen MR) is 128 cm³/mol. The summed E-state index contributed by atoms with van der Waals surface area (Å²) in [4.78, 5) is 25.2. The quantitative estimate of drug-likeness (QED) is 0.183. The van der Waals surface area contributed by atoms with Crippen LogP contribution in [-0.4, -0.2) is 15.0 Å². The van der Waals surface area contributed by atoms with Crippen LogP contribution in [0, 0.1) is 12.1 Å². The van der Waals surface area contributed by atoms with Crippen LogP contribution >= 0.6 is 0 Å². The van der Waals surface area contributed by atoms with Gasteiger partial charge in [-0.1, -0.05) is 29.8 Å². The van der Waals surface area contributed by atoms with E-state index in [1.54, 1.807) is 42.9 Å². The van der Waals surface area contributed by atoms with Gasteiger partial charge in [0, 0.05) is 38.7 Å². The van der Waals surface area contributed by atoms with Crippen molar-refractivity contribution in [2.45, 2.75) is 0 Å². The van der Waals surface area contributed by atoms with Crippen LogP contribution < -0.4 is 5.43 Å². The first-order valence-corrected chi connectivity index (χ1v) is 10.3. The third kappa shape index (κ3) is 4.83. The predicted octanol–water partition coefficient (Wildman–Crippen LogP) is 5.75. The average molecular weight is 620 g/mol. The van der Waals surface area contributed by atoms with Crippen molar-refractivity contribution < 1.29 is 24.5 Å². The van der Waals surface area contributed by atoms with Crippen molar-refractivity contribution in [1.29, 1.82) is 0 Å². The van der Waals surface area contributed by atoms with Crippen molar-refractivity contribution in [1.82, 2.24) is 15.0 Å². The molecule has 2 aromatic carbocycles. The maximum absolute atomic E-state index is 12.5. The van der Waals surface area contributed by atoms with E-state index < -0.39 is 0 Å². The van der Waals surface area contributed by atoms with Crippen LogP contribution in [0.3, 0.4) is 0 Å². The molecule has 0 amide bonds. The van der Waals surface area contributed by atoms with Gasteiger partial charge in [-0.15, -0.1) is 54.1 Å². The summed E-state index contributed by atoms with van der Waals surface area (Å²) in [6.07, 6.45) is 5.08. The molecule has 6 heteroatoms. The van der Waals surface area contributed by atoms with E-state index in [0.717, 1.165) is 11.3 Å². The molecule has 0 fully saturated rings. The van der Waals surface area contributed by atoms with Crippen LogP contribution in [0.15, 0.2) is 113 Å². The molecule has 5 nitrogen and oxygen atoms in total. The zero-order chi connectivity index (χ0) is 22.5. The molecule has 0 unspecified atom stereocenters. The second-order valence-corrected chi connectivity index (χ2v) is 7.09. The molecule has 0 aliphatic carbocycles. The molecule has 4 heterocycles. The Kier molecular flexibility index (Phi) is 7.33. The number of pyridine rings is 3. The van der Waals surface area contributed by atoms with Gasteiger partial charge in [-0.25, -0.2) is 4.98 Å². The molecule has 0 saturated heterocycles. The third-order valence-corrected chi connectivity index (χ3v) is 4.98. The molecule has 0 aliphatic rings. The van der Waals surface area contributed by atoms with Gasteiger partial charge in [-0.05, 0) is 41.0 Å². The Bertz CT molecular complexity index is 1530. The monoisotopic (exact) mass is 620 g/mol. The summed E-state index contributed by atoms with van der Waals surface area (Å²) < 4.78 is 5.83. The van der Waals surface area contributed by atoms with Crippen molar-refractivity contribution >= 4 is 22.1 Å². The van der Waals surface area contributed by atoms with Crippen LogP contribution in [0.1, 0.15) is 0 Å². The summed E-state index contributed by atoms with van der Waals surface area (Å²) in [6, 6.07) is 32.3. The molecule has 0 aliphatic heterocycles. The second kappa shape index (κ2) is 10.8. The minimum absolute atomic E-state index is 0. The summed E-state index contributed by atoms with van der Waals surface area (Å²) in [5.74, 6) is 0. The van der Waals surface area contributed by atoms with Gasteiger partial charge in [0.15, 0.2) is 5.43 Å². The largest absolute Gasteiger partial charge is 0.486 e. The minimum Gasteiger partial charge on any atom is -0.486 e. The summed E-state index contributed by atoms with van der Waals surface area (Å²) >= 11 is 0. The molecule has 4 aromatic heterocycles. The van der Waals surface area contributed by atoms with Gasteiger partial charge >= 0.3 is 0 Å². The Labute approximate surface area is 209 Å². The summed E-state index contributed by atoms with van der Waals surface area (Å²) in [5.41, 5.74) is 4.08. The maximum atomic E-state index is 12.5. The smallest absolute Gasteiger partial charge is 0.220 e. The third-order valence-electron chi connectivity index (χ3n) is 4.98. The molecule has 34 heavy (non-hydrogen) atoms. The van der Waals surface area contributed by atoms with Gasteiger partial charge in [0.2, 0.25) is 5.71 Å². The summed E-state index contributed by atoms with van der Waals surface area (Å²) in [5, 5.41) is 0.984. The Morgan fingerprint density at radius 1 is 0.647 bits per heavy atom. The van der Waals surface area contributed by atoms with E-state index in [1.807, 2.05) is 60.7 Å². The minimum atomic E-state index is -0.0921. The first kappa shape index (κ1) is 23.2. The molecule has 0 saturated carbocycles. The van der Waals surface area contributed by atoms with Crippen LogP contribution in [0.2, 0.25) is 0 Å². The molecule has 0 atom stereocenters. The van der Waals surface area contributed by atoms with Crippen molar-refractivity contribution in [2.75, 3.05) is 0 Å². The Morgan fingerprint density at radius 3 is 2.09 bits per heavy atom. The zero-order valence-electron chi connectivity index (χ0n) is 17.8. The van der Waals surface area contributed by atoms with E-state index in [1.165, 1.54) is 0 Å². The van der Waals surface area contributed by atoms with E-state index in [9.17, 15) is 4.79 Å². The summed E-state index contributed by atoms with van der Waals surface area (Å²) in [6.45, 7) is 0. The van der Waals surface area contributed by atoms with Crippen molar-refractivity contribution in [3.05, 3.63) is 126 Å². The van der Waals surface area contributed by atoms with Gasteiger partial charge in [-0.3, -0.25) is 4.79 Å². The van der Waals surface area contributed by atoms with E-state index in [2.05, 4.69) is 27.1 Å². The van der Waals surface area contributed by atoms with E-state index in [-0.39, 0.29) is 25.5 Å². The first-order chi connectivity index (χ1) is 16.3. The van der Waals surface area contributed by atoms with Crippen molar-refractivity contribution in [2.24, 2.45) is 0 Å². The number of benzene rings is 2. The fourth-order valence-corrected chi connectivity index (χ4v) is 3.43. The van der Waals surface area contributed by atoms with Gasteiger partial charge in [0.1, 0.15) is 0 Å². The van der Waals surface area contributed by atoms with Crippen LogP contribution in [0.5, 0.6) is 0 Å². The number of fused-ring (bicyclic) bond motifs is 2. The Morgan fingerprint density at radius 2 is 1.38 bits per heavy atom. The Balaban J connectivity index is 0.000000180. The number of hydrogen-bond donors (Lipinski definition) is 0. The SMILES string of the molecule is O=c1c2cccnc2oc2c(-c3ccccn3)[c-]ccc12.[Ir].[c-]1ccccc1-c1ccccn1. The van der Waals surface area contributed by atoms with Gasteiger partial charge in [0.25, 0.3) is 0 Å². The standard InChI is InChI=1S/C17H9N2O2.C11H8N.Ir/c20-15-12-6-3-5-11(14-8-1-2-9-18-14)16(12)21-17-13(15)7-4-10-19-17;1-2-6-10(7-3-1)11-8-4-5-9-12-11;/h1-4,6-10H;1-6,8-9H;/q2*-1;. The number of nitrogens with zero attached hydrogens (tertiary/aromatic N) is 3. The molecule has 6 aromatic rings. The first-order valence-electron chi connectivity index (χ1n) is 10.3.